The van der Waals surface area contributed by atoms with Crippen LogP contribution in [0.5, 0.6) is 5.75 Å². The van der Waals surface area contributed by atoms with Crippen molar-refractivity contribution in [3.05, 3.63) is 59.3 Å². The molecular formula is C25H28N2O3. The first kappa shape index (κ1) is 21.4. The zero-order valence-electron chi connectivity index (χ0n) is 18.0. The molecule has 156 valence electrons. The maximum atomic E-state index is 11.1. The highest BCUT2D eigenvalue weighted by molar-refractivity contribution is 5.82. The molecule has 2 aromatic carbocycles. The van der Waals surface area contributed by atoms with Crippen molar-refractivity contribution >= 4 is 16.9 Å². The fourth-order valence-electron chi connectivity index (χ4n) is 3.58. The zero-order chi connectivity index (χ0) is 21.7. The number of rotatable bonds is 8. The van der Waals surface area contributed by atoms with Crippen molar-refractivity contribution in [3.8, 4) is 17.6 Å². The van der Waals surface area contributed by atoms with Crippen LogP contribution in [-0.2, 0) is 24.9 Å². The molecule has 0 fully saturated rings. The fraction of sp³-hybridized carbons (Fsp3) is 0.360. The summed E-state index contributed by atoms with van der Waals surface area (Å²) in [6.45, 7) is 6.57. The minimum atomic E-state index is -0.856. The van der Waals surface area contributed by atoms with Crippen molar-refractivity contribution in [2.24, 2.45) is 13.0 Å². The number of aliphatic carboxylic acids is 1. The van der Waals surface area contributed by atoms with Crippen molar-refractivity contribution in [1.29, 1.82) is 0 Å². The van der Waals surface area contributed by atoms with Gasteiger partial charge in [0.25, 0.3) is 0 Å². The maximum absolute atomic E-state index is 11.1. The third-order valence-electron chi connectivity index (χ3n) is 4.98. The third kappa shape index (κ3) is 5.21. The van der Waals surface area contributed by atoms with Crippen LogP contribution in [0.4, 0.5) is 0 Å². The molecule has 3 aromatic rings. The second kappa shape index (κ2) is 9.49. The van der Waals surface area contributed by atoms with Gasteiger partial charge in [-0.05, 0) is 54.7 Å². The molecule has 5 nitrogen and oxygen atoms in total. The topological polar surface area (TPSA) is 64.3 Å². The van der Waals surface area contributed by atoms with Crippen molar-refractivity contribution < 1.29 is 14.6 Å². The first-order valence-corrected chi connectivity index (χ1v) is 10.2. The van der Waals surface area contributed by atoms with E-state index in [0.717, 1.165) is 34.5 Å². The first-order chi connectivity index (χ1) is 14.4. The van der Waals surface area contributed by atoms with Crippen LogP contribution >= 0.6 is 0 Å². The molecule has 1 N–H and O–H groups in total. The highest BCUT2D eigenvalue weighted by Gasteiger charge is 2.14. The minimum absolute atomic E-state index is 0.00905. The molecule has 0 radical (unpaired) electrons. The van der Waals surface area contributed by atoms with E-state index in [2.05, 4.69) is 49.0 Å². The molecule has 0 amide bonds. The Hall–Kier alpha value is -3.26. The lowest BCUT2D eigenvalue weighted by Gasteiger charge is -2.11. The number of carboxylic acids is 1. The number of carboxylic acid groups (broad SMARTS) is 1. The van der Waals surface area contributed by atoms with Gasteiger partial charge in [-0.1, -0.05) is 38.0 Å². The SMILES string of the molecule is CC#CC(CC(=O)O)c1ccc(OCc2ccc3c(c2)c(CC(C)C)nn3C)cc1. The van der Waals surface area contributed by atoms with Crippen LogP contribution in [-0.4, -0.2) is 20.9 Å². The molecule has 3 rings (SSSR count). The Morgan fingerprint density at radius 2 is 1.93 bits per heavy atom. The third-order valence-corrected chi connectivity index (χ3v) is 4.98. The molecule has 1 atom stereocenters. The van der Waals surface area contributed by atoms with Crippen molar-refractivity contribution in [2.45, 2.75) is 46.1 Å². The Labute approximate surface area is 177 Å². The number of carbonyl (C=O) groups is 1. The molecule has 0 bridgehead atoms. The molecule has 1 unspecified atom stereocenters. The van der Waals surface area contributed by atoms with E-state index in [1.165, 1.54) is 5.39 Å². The van der Waals surface area contributed by atoms with E-state index >= 15 is 0 Å². The van der Waals surface area contributed by atoms with Crippen LogP contribution in [0.15, 0.2) is 42.5 Å². The Balaban J connectivity index is 1.72. The van der Waals surface area contributed by atoms with Gasteiger partial charge >= 0.3 is 5.97 Å². The number of hydrogen-bond donors (Lipinski definition) is 1. The van der Waals surface area contributed by atoms with Gasteiger partial charge < -0.3 is 9.84 Å². The number of ether oxygens (including phenoxy) is 1. The quantitative estimate of drug-likeness (QED) is 0.541. The predicted octanol–water partition coefficient (Wildman–Crippen LogP) is 4.93. The van der Waals surface area contributed by atoms with Crippen molar-refractivity contribution in [3.63, 3.8) is 0 Å². The molecule has 5 heteroatoms. The number of benzene rings is 2. The maximum Gasteiger partial charge on any atom is 0.304 e. The summed E-state index contributed by atoms with van der Waals surface area (Å²) in [5, 5.41) is 14.9. The van der Waals surface area contributed by atoms with Crippen LogP contribution in [0, 0.1) is 17.8 Å². The van der Waals surface area contributed by atoms with Gasteiger partial charge in [0, 0.05) is 12.4 Å². The number of nitrogens with zero attached hydrogens (tertiary/aromatic N) is 2. The number of aromatic nitrogens is 2. The van der Waals surface area contributed by atoms with Gasteiger partial charge in [-0.25, -0.2) is 0 Å². The molecule has 30 heavy (non-hydrogen) atoms. The van der Waals surface area contributed by atoms with Gasteiger partial charge in [-0.15, -0.1) is 5.92 Å². The summed E-state index contributed by atoms with van der Waals surface area (Å²) < 4.78 is 7.90. The summed E-state index contributed by atoms with van der Waals surface area (Å²) in [6, 6.07) is 13.8. The molecule has 1 heterocycles. The average molecular weight is 405 g/mol. The standard InChI is InChI=1S/C25H28N2O3/c1-5-6-20(15-25(28)29)19-8-10-21(11-9-19)30-16-18-7-12-24-22(14-18)23(13-17(2)3)26-27(24)4/h7-12,14,17,20H,13,15-16H2,1-4H3,(H,28,29). The smallest absolute Gasteiger partial charge is 0.304 e. The molecule has 0 saturated carbocycles. The summed E-state index contributed by atoms with van der Waals surface area (Å²) in [6.07, 6.45) is 0.937. The summed E-state index contributed by atoms with van der Waals surface area (Å²) >= 11 is 0. The van der Waals surface area contributed by atoms with Crippen LogP contribution in [0.2, 0.25) is 0 Å². The van der Waals surface area contributed by atoms with E-state index in [0.29, 0.717) is 12.5 Å². The van der Waals surface area contributed by atoms with E-state index in [4.69, 9.17) is 9.84 Å². The molecular weight excluding hydrogens is 376 g/mol. The van der Waals surface area contributed by atoms with E-state index in [1.54, 1.807) is 6.92 Å². The zero-order valence-corrected chi connectivity index (χ0v) is 18.0. The molecule has 1 aromatic heterocycles. The Morgan fingerprint density at radius 1 is 1.20 bits per heavy atom. The van der Waals surface area contributed by atoms with Crippen molar-refractivity contribution in [1.82, 2.24) is 9.78 Å². The Morgan fingerprint density at radius 3 is 2.57 bits per heavy atom. The fourth-order valence-corrected chi connectivity index (χ4v) is 3.58. The summed E-state index contributed by atoms with van der Waals surface area (Å²) in [7, 11) is 1.98. The largest absolute Gasteiger partial charge is 0.489 e. The number of fused-ring (bicyclic) bond motifs is 1. The Bertz CT molecular complexity index is 1090. The minimum Gasteiger partial charge on any atom is -0.489 e. The van der Waals surface area contributed by atoms with Gasteiger partial charge in [-0.2, -0.15) is 5.10 Å². The van der Waals surface area contributed by atoms with Gasteiger partial charge in [0.2, 0.25) is 0 Å². The van der Waals surface area contributed by atoms with Gasteiger partial charge in [-0.3, -0.25) is 9.48 Å². The Kier molecular flexibility index (Phi) is 6.79. The monoisotopic (exact) mass is 404 g/mol. The van der Waals surface area contributed by atoms with Crippen LogP contribution in [0.25, 0.3) is 10.9 Å². The lowest BCUT2D eigenvalue weighted by atomic mass is 9.96. The van der Waals surface area contributed by atoms with Gasteiger partial charge in [0.05, 0.1) is 23.5 Å². The van der Waals surface area contributed by atoms with Crippen LogP contribution < -0.4 is 4.74 Å². The van der Waals surface area contributed by atoms with Gasteiger partial charge in [0.1, 0.15) is 12.4 Å². The lowest BCUT2D eigenvalue weighted by molar-refractivity contribution is -0.137. The normalized spacial score (nSPS) is 11.9. The number of aryl methyl sites for hydroxylation is 1. The highest BCUT2D eigenvalue weighted by Crippen LogP contribution is 2.25. The van der Waals surface area contributed by atoms with Crippen LogP contribution in [0.1, 0.15) is 49.9 Å². The molecule has 0 aliphatic heterocycles. The van der Waals surface area contributed by atoms with Crippen molar-refractivity contribution in [2.75, 3.05) is 0 Å². The molecule has 0 spiro atoms. The van der Waals surface area contributed by atoms with E-state index in [1.807, 2.05) is 36.0 Å². The summed E-state index contributed by atoms with van der Waals surface area (Å²) in [5.74, 6) is 5.90. The second-order valence-electron chi connectivity index (χ2n) is 7.92. The summed E-state index contributed by atoms with van der Waals surface area (Å²) in [5.41, 5.74) is 4.22. The number of hydrogen-bond acceptors (Lipinski definition) is 3. The summed E-state index contributed by atoms with van der Waals surface area (Å²) in [4.78, 5) is 11.1. The molecule has 0 saturated heterocycles. The molecule has 0 aliphatic carbocycles. The van der Waals surface area contributed by atoms with E-state index in [9.17, 15) is 4.79 Å². The van der Waals surface area contributed by atoms with E-state index < -0.39 is 5.97 Å². The highest BCUT2D eigenvalue weighted by atomic mass is 16.5. The lowest BCUT2D eigenvalue weighted by Crippen LogP contribution is -2.04. The average Bonchev–Trinajstić information content (AvgIpc) is 3.00. The predicted molar refractivity (Wildman–Crippen MR) is 118 cm³/mol. The van der Waals surface area contributed by atoms with Gasteiger partial charge in [0.15, 0.2) is 0 Å². The van der Waals surface area contributed by atoms with Crippen LogP contribution in [0.3, 0.4) is 0 Å². The molecule has 0 aliphatic rings. The first-order valence-electron chi connectivity index (χ1n) is 10.2. The second-order valence-corrected chi connectivity index (χ2v) is 7.92. The van der Waals surface area contributed by atoms with E-state index in [-0.39, 0.29) is 12.3 Å².